The van der Waals surface area contributed by atoms with Crippen LogP contribution in [0, 0.1) is 0 Å². The number of ether oxygens (including phenoxy) is 1. The van der Waals surface area contributed by atoms with Crippen LogP contribution in [0.15, 0.2) is 15.7 Å². The molecular formula is C9H12ClN3O3. The lowest BCUT2D eigenvalue weighted by Gasteiger charge is -2.24. The van der Waals surface area contributed by atoms with Crippen LogP contribution < -0.4 is 16.6 Å². The molecule has 0 unspecified atom stereocenters. The lowest BCUT2D eigenvalue weighted by Crippen LogP contribution is -2.43. The molecule has 0 saturated carbocycles. The molecule has 88 valence electrons. The topological polar surface area (TPSA) is 76.1 Å². The standard InChI is InChI=1S/C9H12ClN3O3/c10-7-3-8(14)12-9(15)13(7)5-6-4-11-1-2-16-6/h3,6,11H,1-2,4-5H2,(H,12,14,15)/t6-/m1/s1. The molecule has 2 rings (SSSR count). The van der Waals surface area contributed by atoms with E-state index in [1.165, 1.54) is 10.6 Å². The second kappa shape index (κ2) is 4.82. The molecule has 1 atom stereocenters. The van der Waals surface area contributed by atoms with Crippen LogP contribution in [0.2, 0.25) is 5.15 Å². The van der Waals surface area contributed by atoms with Gasteiger partial charge in [-0.2, -0.15) is 0 Å². The molecule has 2 heterocycles. The number of aromatic amines is 1. The third-order valence-electron chi connectivity index (χ3n) is 2.37. The molecule has 1 aliphatic rings. The highest BCUT2D eigenvalue weighted by Crippen LogP contribution is 2.05. The first kappa shape index (κ1) is 11.4. The average Bonchev–Trinajstić information content (AvgIpc) is 2.25. The molecule has 0 spiro atoms. The molecular weight excluding hydrogens is 234 g/mol. The van der Waals surface area contributed by atoms with Gasteiger partial charge in [-0.25, -0.2) is 4.79 Å². The maximum Gasteiger partial charge on any atom is 0.329 e. The van der Waals surface area contributed by atoms with Crippen LogP contribution in [0.3, 0.4) is 0 Å². The predicted octanol–water partition coefficient (Wildman–Crippen LogP) is -0.822. The fraction of sp³-hybridized carbons (Fsp3) is 0.556. The maximum atomic E-state index is 11.5. The molecule has 1 aliphatic heterocycles. The van der Waals surface area contributed by atoms with Crippen molar-refractivity contribution >= 4 is 11.6 Å². The van der Waals surface area contributed by atoms with E-state index < -0.39 is 11.2 Å². The number of hydrogen-bond acceptors (Lipinski definition) is 4. The van der Waals surface area contributed by atoms with Crippen LogP contribution in [0.1, 0.15) is 0 Å². The second-order valence-corrected chi connectivity index (χ2v) is 3.96. The van der Waals surface area contributed by atoms with Crippen molar-refractivity contribution in [3.05, 3.63) is 32.1 Å². The zero-order chi connectivity index (χ0) is 11.5. The maximum absolute atomic E-state index is 11.5. The van der Waals surface area contributed by atoms with Gasteiger partial charge >= 0.3 is 5.69 Å². The number of morpholine rings is 1. The van der Waals surface area contributed by atoms with E-state index in [2.05, 4.69) is 10.3 Å². The Balaban J connectivity index is 2.20. The highest BCUT2D eigenvalue weighted by Gasteiger charge is 2.16. The first-order chi connectivity index (χ1) is 7.66. The zero-order valence-corrected chi connectivity index (χ0v) is 9.29. The highest BCUT2D eigenvalue weighted by molar-refractivity contribution is 6.29. The summed E-state index contributed by atoms with van der Waals surface area (Å²) in [6.07, 6.45) is -0.102. The van der Waals surface area contributed by atoms with E-state index in [-0.39, 0.29) is 11.3 Å². The van der Waals surface area contributed by atoms with E-state index in [4.69, 9.17) is 16.3 Å². The van der Waals surface area contributed by atoms with Crippen molar-refractivity contribution in [3.63, 3.8) is 0 Å². The number of aromatic nitrogens is 2. The van der Waals surface area contributed by atoms with Gasteiger partial charge in [0.05, 0.1) is 19.3 Å². The van der Waals surface area contributed by atoms with Crippen LogP contribution in [0.5, 0.6) is 0 Å². The molecule has 7 heteroatoms. The molecule has 6 nitrogen and oxygen atoms in total. The van der Waals surface area contributed by atoms with Gasteiger partial charge in [-0.05, 0) is 0 Å². The van der Waals surface area contributed by atoms with E-state index >= 15 is 0 Å². The van der Waals surface area contributed by atoms with Crippen molar-refractivity contribution in [2.75, 3.05) is 19.7 Å². The summed E-state index contributed by atoms with van der Waals surface area (Å²) < 4.78 is 6.74. The van der Waals surface area contributed by atoms with E-state index in [0.717, 1.165) is 6.54 Å². The molecule has 0 aliphatic carbocycles. The van der Waals surface area contributed by atoms with Crippen LogP contribution >= 0.6 is 11.6 Å². The van der Waals surface area contributed by atoms with Gasteiger partial charge in [0.2, 0.25) is 0 Å². The zero-order valence-electron chi connectivity index (χ0n) is 8.53. The summed E-state index contributed by atoms with van der Waals surface area (Å²) in [7, 11) is 0. The van der Waals surface area contributed by atoms with Gasteiger partial charge in [-0.3, -0.25) is 14.3 Å². The Bertz CT molecular complexity index is 476. The van der Waals surface area contributed by atoms with Gasteiger partial charge in [-0.1, -0.05) is 11.6 Å². The minimum atomic E-state index is -0.508. The van der Waals surface area contributed by atoms with Crippen molar-refractivity contribution in [3.8, 4) is 0 Å². The van der Waals surface area contributed by atoms with Crippen molar-refractivity contribution in [1.29, 1.82) is 0 Å². The fourth-order valence-corrected chi connectivity index (χ4v) is 1.85. The first-order valence-corrected chi connectivity index (χ1v) is 5.36. The number of rotatable bonds is 2. The Kier molecular flexibility index (Phi) is 3.42. The summed E-state index contributed by atoms with van der Waals surface area (Å²) in [5.74, 6) is 0. The quantitative estimate of drug-likeness (QED) is 0.668. The highest BCUT2D eigenvalue weighted by atomic mass is 35.5. The number of halogens is 1. The average molecular weight is 246 g/mol. The summed E-state index contributed by atoms with van der Waals surface area (Å²) in [5, 5.41) is 3.28. The molecule has 16 heavy (non-hydrogen) atoms. The van der Waals surface area contributed by atoms with Gasteiger partial charge in [0.1, 0.15) is 5.15 Å². The molecule has 1 fully saturated rings. The molecule has 0 aromatic carbocycles. The van der Waals surface area contributed by atoms with Crippen LogP contribution in [0.25, 0.3) is 0 Å². The van der Waals surface area contributed by atoms with Crippen molar-refractivity contribution in [2.24, 2.45) is 0 Å². The van der Waals surface area contributed by atoms with Crippen LogP contribution in [0.4, 0.5) is 0 Å². The summed E-state index contributed by atoms with van der Waals surface area (Å²) >= 11 is 5.82. The molecule has 1 aromatic rings. The number of hydrogen-bond donors (Lipinski definition) is 2. The Labute approximate surface area is 96.2 Å². The summed E-state index contributed by atoms with van der Waals surface area (Å²) in [5.41, 5.74) is -0.999. The van der Waals surface area contributed by atoms with Gasteiger partial charge in [0.15, 0.2) is 0 Å². The monoisotopic (exact) mass is 245 g/mol. The molecule has 1 saturated heterocycles. The summed E-state index contributed by atoms with van der Waals surface area (Å²) in [4.78, 5) is 24.6. The van der Waals surface area contributed by atoms with E-state index in [9.17, 15) is 9.59 Å². The third kappa shape index (κ3) is 2.52. The molecule has 0 bridgehead atoms. The summed E-state index contributed by atoms with van der Waals surface area (Å²) in [6, 6.07) is 1.18. The second-order valence-electron chi connectivity index (χ2n) is 3.57. The van der Waals surface area contributed by atoms with E-state index in [1.807, 2.05) is 0 Å². The van der Waals surface area contributed by atoms with Crippen LogP contribution in [-0.4, -0.2) is 35.4 Å². The van der Waals surface area contributed by atoms with E-state index in [1.54, 1.807) is 0 Å². The normalized spacial score (nSPS) is 20.9. The first-order valence-electron chi connectivity index (χ1n) is 4.99. The third-order valence-corrected chi connectivity index (χ3v) is 2.69. The van der Waals surface area contributed by atoms with Crippen molar-refractivity contribution in [2.45, 2.75) is 12.6 Å². The fourth-order valence-electron chi connectivity index (χ4n) is 1.60. The van der Waals surface area contributed by atoms with Crippen molar-refractivity contribution in [1.82, 2.24) is 14.9 Å². The SMILES string of the molecule is O=c1cc(Cl)n(C[C@H]2CNCCO2)c(=O)[nH]1. The van der Waals surface area contributed by atoms with Gasteiger partial charge in [0.25, 0.3) is 5.56 Å². The van der Waals surface area contributed by atoms with Gasteiger partial charge < -0.3 is 10.1 Å². The molecule has 1 aromatic heterocycles. The Morgan fingerprint density at radius 1 is 1.56 bits per heavy atom. The minimum absolute atomic E-state index is 0.102. The minimum Gasteiger partial charge on any atom is -0.374 e. The Hall–Kier alpha value is -1.11. The Morgan fingerprint density at radius 3 is 3.00 bits per heavy atom. The summed E-state index contributed by atoms with van der Waals surface area (Å²) in [6.45, 7) is 2.43. The lowest BCUT2D eigenvalue weighted by molar-refractivity contribution is 0.0174. The smallest absolute Gasteiger partial charge is 0.329 e. The van der Waals surface area contributed by atoms with E-state index in [0.29, 0.717) is 19.7 Å². The number of H-pyrrole nitrogens is 1. The Morgan fingerprint density at radius 2 is 2.38 bits per heavy atom. The van der Waals surface area contributed by atoms with Crippen molar-refractivity contribution < 1.29 is 4.74 Å². The largest absolute Gasteiger partial charge is 0.374 e. The number of nitrogens with one attached hydrogen (secondary N) is 2. The predicted molar refractivity (Wildman–Crippen MR) is 58.9 cm³/mol. The molecule has 0 radical (unpaired) electrons. The van der Waals surface area contributed by atoms with Gasteiger partial charge in [-0.15, -0.1) is 0 Å². The van der Waals surface area contributed by atoms with Crippen LogP contribution in [-0.2, 0) is 11.3 Å². The number of nitrogens with zero attached hydrogens (tertiary/aromatic N) is 1. The molecule has 0 amide bonds. The lowest BCUT2D eigenvalue weighted by atomic mass is 10.3. The van der Waals surface area contributed by atoms with Gasteiger partial charge in [0, 0.05) is 19.2 Å². The molecule has 2 N–H and O–H groups in total.